The van der Waals surface area contributed by atoms with Crippen LogP contribution in [0.5, 0.6) is 0 Å². The first-order valence-electron chi connectivity index (χ1n) is 6.29. The van der Waals surface area contributed by atoms with E-state index in [0.29, 0.717) is 11.3 Å². The third kappa shape index (κ3) is 3.12. The molecule has 1 aliphatic heterocycles. The summed E-state index contributed by atoms with van der Waals surface area (Å²) in [4.78, 5) is 25.2. The lowest BCUT2D eigenvalue weighted by atomic mass is 10.1. The van der Waals surface area contributed by atoms with Crippen LogP contribution in [0.25, 0.3) is 0 Å². The van der Waals surface area contributed by atoms with Gasteiger partial charge in [-0.1, -0.05) is 12.1 Å². The van der Waals surface area contributed by atoms with Crippen molar-refractivity contribution in [2.75, 3.05) is 12.0 Å². The molecule has 0 saturated carbocycles. The molecule has 1 aromatic rings. The standard InChI is InChI=1S/C14H17NO3S2/c1-9-15(12(8-20-9)14(17)18)13(16)11-5-3-10(4-6-11)7-19-2/h3-6,9,12H,7-8H2,1-2H3,(H,17,18). The van der Waals surface area contributed by atoms with Crippen molar-refractivity contribution in [3.63, 3.8) is 0 Å². The number of benzene rings is 1. The summed E-state index contributed by atoms with van der Waals surface area (Å²) in [6, 6.07) is 6.68. The molecule has 1 saturated heterocycles. The number of nitrogens with zero attached hydrogens (tertiary/aromatic N) is 1. The summed E-state index contributed by atoms with van der Waals surface area (Å²) in [5.74, 6) is 0.217. The van der Waals surface area contributed by atoms with Crippen molar-refractivity contribution < 1.29 is 14.7 Å². The number of carboxylic acid groups (broad SMARTS) is 1. The molecule has 1 heterocycles. The number of aliphatic carboxylic acids is 1. The summed E-state index contributed by atoms with van der Waals surface area (Å²) in [6.45, 7) is 1.87. The minimum atomic E-state index is -0.936. The number of carbonyl (C=O) groups is 2. The Balaban J connectivity index is 2.19. The Bertz CT molecular complexity index is 504. The molecule has 108 valence electrons. The van der Waals surface area contributed by atoms with Crippen molar-refractivity contribution in [1.29, 1.82) is 0 Å². The van der Waals surface area contributed by atoms with Crippen molar-refractivity contribution >= 4 is 35.4 Å². The van der Waals surface area contributed by atoms with Crippen LogP contribution in [0.3, 0.4) is 0 Å². The smallest absolute Gasteiger partial charge is 0.327 e. The van der Waals surface area contributed by atoms with Crippen LogP contribution in [-0.4, -0.2) is 45.3 Å². The van der Waals surface area contributed by atoms with E-state index in [1.807, 2.05) is 25.3 Å². The van der Waals surface area contributed by atoms with Gasteiger partial charge in [-0.2, -0.15) is 11.8 Å². The van der Waals surface area contributed by atoms with Crippen LogP contribution in [0.1, 0.15) is 22.8 Å². The number of hydrogen-bond acceptors (Lipinski definition) is 4. The lowest BCUT2D eigenvalue weighted by Crippen LogP contribution is -2.44. The van der Waals surface area contributed by atoms with Gasteiger partial charge in [-0.25, -0.2) is 4.79 Å². The first-order valence-corrected chi connectivity index (χ1v) is 8.73. The Labute approximate surface area is 126 Å². The quantitative estimate of drug-likeness (QED) is 0.926. The van der Waals surface area contributed by atoms with Gasteiger partial charge >= 0.3 is 5.97 Å². The summed E-state index contributed by atoms with van der Waals surface area (Å²) in [6.07, 6.45) is 2.03. The molecule has 20 heavy (non-hydrogen) atoms. The zero-order valence-electron chi connectivity index (χ0n) is 11.4. The zero-order valence-corrected chi connectivity index (χ0v) is 13.0. The van der Waals surface area contributed by atoms with E-state index in [-0.39, 0.29) is 11.3 Å². The van der Waals surface area contributed by atoms with E-state index in [2.05, 4.69) is 0 Å². The SMILES string of the molecule is CSCc1ccc(C(=O)N2C(C)SCC2C(=O)O)cc1. The van der Waals surface area contributed by atoms with Crippen molar-refractivity contribution in [2.24, 2.45) is 0 Å². The van der Waals surface area contributed by atoms with Crippen LogP contribution < -0.4 is 0 Å². The van der Waals surface area contributed by atoms with Crippen LogP contribution in [0.15, 0.2) is 24.3 Å². The van der Waals surface area contributed by atoms with Gasteiger partial charge in [0.25, 0.3) is 5.91 Å². The molecule has 1 fully saturated rings. The van der Waals surface area contributed by atoms with Crippen molar-refractivity contribution in [3.8, 4) is 0 Å². The maximum Gasteiger partial charge on any atom is 0.327 e. The fourth-order valence-electron chi connectivity index (χ4n) is 2.20. The topological polar surface area (TPSA) is 57.6 Å². The van der Waals surface area contributed by atoms with Gasteiger partial charge in [-0.3, -0.25) is 4.79 Å². The molecule has 2 rings (SSSR count). The van der Waals surface area contributed by atoms with Gasteiger partial charge in [0.2, 0.25) is 0 Å². The molecule has 6 heteroatoms. The van der Waals surface area contributed by atoms with Crippen LogP contribution in [0.4, 0.5) is 0 Å². The van der Waals surface area contributed by atoms with E-state index in [1.54, 1.807) is 23.9 Å². The van der Waals surface area contributed by atoms with Gasteiger partial charge in [-0.05, 0) is 30.9 Å². The Morgan fingerprint density at radius 3 is 2.60 bits per heavy atom. The maximum atomic E-state index is 12.5. The zero-order chi connectivity index (χ0) is 14.7. The Hall–Kier alpha value is -1.14. The number of thioether (sulfide) groups is 2. The molecular formula is C14H17NO3S2. The van der Waals surface area contributed by atoms with Crippen LogP contribution in [-0.2, 0) is 10.5 Å². The van der Waals surface area contributed by atoms with E-state index >= 15 is 0 Å². The highest BCUT2D eigenvalue weighted by atomic mass is 32.2. The second kappa shape index (κ2) is 6.54. The Morgan fingerprint density at radius 2 is 2.05 bits per heavy atom. The van der Waals surface area contributed by atoms with Crippen LogP contribution >= 0.6 is 23.5 Å². The van der Waals surface area contributed by atoms with Gasteiger partial charge in [0.15, 0.2) is 0 Å². The molecule has 0 spiro atoms. The normalized spacial score (nSPS) is 22.0. The molecule has 1 N–H and O–H groups in total. The van der Waals surface area contributed by atoms with Crippen molar-refractivity contribution in [2.45, 2.75) is 24.1 Å². The summed E-state index contributed by atoms with van der Waals surface area (Å²) in [5, 5.41) is 9.10. The Kier molecular flexibility index (Phi) is 4.99. The first-order chi connectivity index (χ1) is 9.54. The largest absolute Gasteiger partial charge is 0.480 e. The minimum Gasteiger partial charge on any atom is -0.480 e. The lowest BCUT2D eigenvalue weighted by molar-refractivity contribution is -0.141. The van der Waals surface area contributed by atoms with Gasteiger partial charge in [-0.15, -0.1) is 11.8 Å². The lowest BCUT2D eigenvalue weighted by Gasteiger charge is -2.25. The number of hydrogen-bond donors (Lipinski definition) is 1. The number of carboxylic acids is 1. The van der Waals surface area contributed by atoms with E-state index in [9.17, 15) is 14.7 Å². The van der Waals surface area contributed by atoms with Gasteiger partial charge in [0, 0.05) is 17.1 Å². The fourth-order valence-corrected chi connectivity index (χ4v) is 3.89. The van der Waals surface area contributed by atoms with E-state index in [1.165, 1.54) is 16.7 Å². The molecule has 4 nitrogen and oxygen atoms in total. The number of carbonyl (C=O) groups excluding carboxylic acids is 1. The van der Waals surface area contributed by atoms with Crippen molar-refractivity contribution in [3.05, 3.63) is 35.4 Å². The molecule has 0 aliphatic carbocycles. The third-order valence-corrected chi connectivity index (χ3v) is 5.09. The summed E-state index contributed by atoms with van der Waals surface area (Å²) in [5.41, 5.74) is 1.71. The molecule has 0 bridgehead atoms. The van der Waals surface area contributed by atoms with Crippen LogP contribution in [0.2, 0.25) is 0 Å². The predicted octanol–water partition coefficient (Wildman–Crippen LogP) is 2.54. The molecule has 2 atom stereocenters. The van der Waals surface area contributed by atoms with E-state index in [0.717, 1.165) is 11.3 Å². The highest BCUT2D eigenvalue weighted by Gasteiger charge is 2.39. The maximum absolute atomic E-state index is 12.5. The number of amides is 1. The highest BCUT2D eigenvalue weighted by Crippen LogP contribution is 2.30. The summed E-state index contributed by atoms with van der Waals surface area (Å²) >= 11 is 3.22. The van der Waals surface area contributed by atoms with E-state index in [4.69, 9.17) is 0 Å². The minimum absolute atomic E-state index is 0.102. The predicted molar refractivity (Wildman–Crippen MR) is 83.2 cm³/mol. The molecule has 0 radical (unpaired) electrons. The average molecular weight is 311 g/mol. The Morgan fingerprint density at radius 1 is 1.40 bits per heavy atom. The number of rotatable bonds is 4. The second-order valence-corrected chi connectivity index (χ2v) is 6.84. The van der Waals surface area contributed by atoms with Gasteiger partial charge in [0.05, 0.1) is 5.37 Å². The van der Waals surface area contributed by atoms with Crippen molar-refractivity contribution in [1.82, 2.24) is 4.90 Å². The molecular weight excluding hydrogens is 294 g/mol. The highest BCUT2D eigenvalue weighted by molar-refractivity contribution is 8.00. The van der Waals surface area contributed by atoms with Gasteiger partial charge in [0.1, 0.15) is 6.04 Å². The average Bonchev–Trinajstić information content (AvgIpc) is 2.81. The molecule has 1 aliphatic rings. The first kappa shape index (κ1) is 15.3. The fraction of sp³-hybridized carbons (Fsp3) is 0.429. The third-order valence-electron chi connectivity index (χ3n) is 3.25. The van der Waals surface area contributed by atoms with Crippen LogP contribution in [0, 0.1) is 0 Å². The van der Waals surface area contributed by atoms with Gasteiger partial charge < -0.3 is 10.0 Å². The monoisotopic (exact) mass is 311 g/mol. The molecule has 1 aromatic carbocycles. The summed E-state index contributed by atoms with van der Waals surface area (Å²) < 4.78 is 0. The summed E-state index contributed by atoms with van der Waals surface area (Å²) in [7, 11) is 0. The molecule has 0 aromatic heterocycles. The van der Waals surface area contributed by atoms with E-state index < -0.39 is 12.0 Å². The molecule has 2 unspecified atom stereocenters. The second-order valence-electron chi connectivity index (χ2n) is 4.63. The molecule has 1 amide bonds.